The number of carbonyl (C=O) groups excluding carboxylic acids is 1. The summed E-state index contributed by atoms with van der Waals surface area (Å²) in [4.78, 5) is 26.7. The van der Waals surface area contributed by atoms with Gasteiger partial charge in [-0.2, -0.15) is 0 Å². The van der Waals surface area contributed by atoms with E-state index in [1.165, 1.54) is 0 Å². The third-order valence-electron chi connectivity index (χ3n) is 3.73. The molecule has 2 atom stereocenters. The number of nitrogens with zero attached hydrogens (tertiary/aromatic N) is 2. The first-order chi connectivity index (χ1) is 8.09. The minimum Gasteiger partial charge on any atom is -0.480 e. The van der Waals surface area contributed by atoms with Crippen molar-refractivity contribution in [2.24, 2.45) is 5.92 Å². The molecule has 0 spiro atoms. The van der Waals surface area contributed by atoms with Crippen LogP contribution < -0.4 is 0 Å². The lowest BCUT2D eigenvalue weighted by Gasteiger charge is -2.35. The maximum absolute atomic E-state index is 12.2. The van der Waals surface area contributed by atoms with Crippen molar-refractivity contribution >= 4 is 12.0 Å². The molecule has 2 aliphatic heterocycles. The molecule has 2 unspecified atom stereocenters. The Morgan fingerprint density at radius 1 is 1.18 bits per heavy atom. The molecule has 0 aromatic carbocycles. The molecule has 2 amide bonds. The predicted octanol–water partition coefficient (Wildman–Crippen LogP) is 1.39. The Morgan fingerprint density at radius 3 is 2.53 bits per heavy atom. The van der Waals surface area contributed by atoms with Crippen molar-refractivity contribution in [3.63, 3.8) is 0 Å². The normalized spacial score (nSPS) is 29.5. The van der Waals surface area contributed by atoms with E-state index in [1.54, 1.807) is 9.80 Å². The standard InChI is InChI=1S/C12H20N2O3/c1-9-5-7-13(8-9)12(17)14-6-3-2-4-10(14)11(15)16/h9-10H,2-8H2,1H3,(H,15,16). The number of hydrogen-bond donors (Lipinski definition) is 1. The molecule has 17 heavy (non-hydrogen) atoms. The summed E-state index contributed by atoms with van der Waals surface area (Å²) in [7, 11) is 0. The lowest BCUT2D eigenvalue weighted by atomic mass is 10.0. The summed E-state index contributed by atoms with van der Waals surface area (Å²) >= 11 is 0. The van der Waals surface area contributed by atoms with E-state index >= 15 is 0 Å². The van der Waals surface area contributed by atoms with Crippen LogP contribution in [0.4, 0.5) is 4.79 Å². The molecule has 5 heteroatoms. The summed E-state index contributed by atoms with van der Waals surface area (Å²) in [6.45, 7) is 4.24. The van der Waals surface area contributed by atoms with Gasteiger partial charge in [0, 0.05) is 19.6 Å². The molecular formula is C12H20N2O3. The van der Waals surface area contributed by atoms with E-state index < -0.39 is 12.0 Å². The smallest absolute Gasteiger partial charge is 0.326 e. The first kappa shape index (κ1) is 12.2. The molecule has 2 saturated heterocycles. The first-order valence-corrected chi connectivity index (χ1v) is 6.38. The zero-order chi connectivity index (χ0) is 12.4. The summed E-state index contributed by atoms with van der Waals surface area (Å²) in [5.41, 5.74) is 0. The zero-order valence-corrected chi connectivity index (χ0v) is 10.3. The number of hydrogen-bond acceptors (Lipinski definition) is 2. The highest BCUT2D eigenvalue weighted by molar-refractivity contribution is 5.83. The molecule has 0 aliphatic carbocycles. The highest BCUT2D eigenvalue weighted by Gasteiger charge is 2.35. The van der Waals surface area contributed by atoms with Crippen LogP contribution >= 0.6 is 0 Å². The highest BCUT2D eigenvalue weighted by atomic mass is 16.4. The second-order valence-corrected chi connectivity index (χ2v) is 5.17. The fraction of sp³-hybridized carbons (Fsp3) is 0.833. The largest absolute Gasteiger partial charge is 0.480 e. The van der Waals surface area contributed by atoms with E-state index in [-0.39, 0.29) is 6.03 Å². The molecule has 96 valence electrons. The van der Waals surface area contributed by atoms with Crippen molar-refractivity contribution < 1.29 is 14.7 Å². The fourth-order valence-electron chi connectivity index (χ4n) is 2.71. The minimum absolute atomic E-state index is 0.0820. The first-order valence-electron chi connectivity index (χ1n) is 6.38. The van der Waals surface area contributed by atoms with Crippen LogP contribution in [0.3, 0.4) is 0 Å². The van der Waals surface area contributed by atoms with Gasteiger partial charge in [-0.05, 0) is 31.6 Å². The summed E-state index contributed by atoms with van der Waals surface area (Å²) in [6, 6.07) is -0.700. The second kappa shape index (κ2) is 4.94. The van der Waals surface area contributed by atoms with E-state index in [2.05, 4.69) is 6.92 Å². The van der Waals surface area contributed by atoms with E-state index in [1.807, 2.05) is 0 Å². The summed E-state index contributed by atoms with van der Waals surface area (Å²) in [6.07, 6.45) is 3.43. The van der Waals surface area contributed by atoms with Gasteiger partial charge in [-0.25, -0.2) is 9.59 Å². The summed E-state index contributed by atoms with van der Waals surface area (Å²) in [5, 5.41) is 9.14. The Hall–Kier alpha value is -1.26. The number of urea groups is 1. The Bertz CT molecular complexity index is 319. The lowest BCUT2D eigenvalue weighted by Crippen LogP contribution is -2.52. The molecule has 2 heterocycles. The van der Waals surface area contributed by atoms with Crippen LogP contribution in [-0.4, -0.2) is 52.6 Å². The number of likely N-dealkylation sites (tertiary alicyclic amines) is 2. The average Bonchev–Trinajstić information content (AvgIpc) is 2.75. The molecule has 2 rings (SSSR count). The third kappa shape index (κ3) is 2.53. The van der Waals surface area contributed by atoms with Crippen molar-refractivity contribution in [2.75, 3.05) is 19.6 Å². The molecular weight excluding hydrogens is 220 g/mol. The van der Waals surface area contributed by atoms with Crippen LogP contribution in [0.1, 0.15) is 32.6 Å². The Morgan fingerprint density at radius 2 is 1.94 bits per heavy atom. The van der Waals surface area contributed by atoms with Gasteiger partial charge in [0.05, 0.1) is 0 Å². The number of rotatable bonds is 1. The van der Waals surface area contributed by atoms with Gasteiger partial charge in [0.1, 0.15) is 6.04 Å². The van der Waals surface area contributed by atoms with Crippen molar-refractivity contribution in [3.05, 3.63) is 0 Å². The number of amides is 2. The van der Waals surface area contributed by atoms with Crippen molar-refractivity contribution in [2.45, 2.75) is 38.6 Å². The van der Waals surface area contributed by atoms with Crippen molar-refractivity contribution in [3.8, 4) is 0 Å². The molecule has 0 radical (unpaired) electrons. The minimum atomic E-state index is -0.870. The highest BCUT2D eigenvalue weighted by Crippen LogP contribution is 2.22. The third-order valence-corrected chi connectivity index (χ3v) is 3.73. The predicted molar refractivity (Wildman–Crippen MR) is 62.7 cm³/mol. The fourth-order valence-corrected chi connectivity index (χ4v) is 2.71. The summed E-state index contributed by atoms with van der Waals surface area (Å²) < 4.78 is 0. The molecule has 2 fully saturated rings. The van der Waals surface area contributed by atoms with E-state index in [0.29, 0.717) is 18.9 Å². The van der Waals surface area contributed by atoms with Gasteiger partial charge in [0.15, 0.2) is 0 Å². The van der Waals surface area contributed by atoms with Crippen LogP contribution in [-0.2, 0) is 4.79 Å². The van der Waals surface area contributed by atoms with Gasteiger partial charge in [0.2, 0.25) is 0 Å². The molecule has 5 nitrogen and oxygen atoms in total. The van der Waals surface area contributed by atoms with Gasteiger partial charge >= 0.3 is 12.0 Å². The number of piperidine rings is 1. The van der Waals surface area contributed by atoms with Gasteiger partial charge in [-0.3, -0.25) is 0 Å². The SMILES string of the molecule is CC1CCN(C(=O)N2CCCCC2C(=O)O)C1. The number of carboxylic acids is 1. The molecule has 0 aromatic rings. The Balaban J connectivity index is 2.03. The van der Waals surface area contributed by atoms with Crippen LogP contribution in [0.5, 0.6) is 0 Å². The molecule has 2 aliphatic rings. The average molecular weight is 240 g/mol. The van der Waals surface area contributed by atoms with Crippen molar-refractivity contribution in [1.29, 1.82) is 0 Å². The quantitative estimate of drug-likeness (QED) is 0.753. The van der Waals surface area contributed by atoms with E-state index in [9.17, 15) is 9.59 Å². The van der Waals surface area contributed by atoms with E-state index in [4.69, 9.17) is 5.11 Å². The zero-order valence-electron chi connectivity index (χ0n) is 10.3. The number of aliphatic carboxylic acids is 1. The Labute approximate surface area is 101 Å². The van der Waals surface area contributed by atoms with Crippen molar-refractivity contribution in [1.82, 2.24) is 9.80 Å². The maximum atomic E-state index is 12.2. The molecule has 1 N–H and O–H groups in total. The molecule has 0 aromatic heterocycles. The van der Waals surface area contributed by atoms with Crippen LogP contribution in [0, 0.1) is 5.92 Å². The van der Waals surface area contributed by atoms with Crippen LogP contribution in [0.15, 0.2) is 0 Å². The Kier molecular flexibility index (Phi) is 3.54. The van der Waals surface area contributed by atoms with Gasteiger partial charge < -0.3 is 14.9 Å². The number of carbonyl (C=O) groups is 2. The second-order valence-electron chi connectivity index (χ2n) is 5.17. The van der Waals surface area contributed by atoms with Gasteiger partial charge in [-0.1, -0.05) is 6.92 Å². The molecule has 0 saturated carbocycles. The van der Waals surface area contributed by atoms with Gasteiger partial charge in [-0.15, -0.1) is 0 Å². The number of carboxylic acid groups (broad SMARTS) is 1. The van der Waals surface area contributed by atoms with Gasteiger partial charge in [0.25, 0.3) is 0 Å². The monoisotopic (exact) mass is 240 g/mol. The van der Waals surface area contributed by atoms with E-state index in [0.717, 1.165) is 32.4 Å². The van der Waals surface area contributed by atoms with Crippen LogP contribution in [0.25, 0.3) is 0 Å². The lowest BCUT2D eigenvalue weighted by molar-refractivity contribution is -0.143. The molecule has 0 bridgehead atoms. The topological polar surface area (TPSA) is 60.9 Å². The maximum Gasteiger partial charge on any atom is 0.326 e. The van der Waals surface area contributed by atoms with Crippen LogP contribution in [0.2, 0.25) is 0 Å². The summed E-state index contributed by atoms with van der Waals surface area (Å²) in [5.74, 6) is -0.336.